The van der Waals surface area contributed by atoms with Gasteiger partial charge in [-0.05, 0) is 90.4 Å². The van der Waals surface area contributed by atoms with Gasteiger partial charge in [0.05, 0.1) is 58.4 Å². The van der Waals surface area contributed by atoms with Crippen LogP contribution in [0.4, 0.5) is 0 Å². The molecule has 0 saturated carbocycles. The number of azo groups is 1. The molecule has 8 saturated heterocycles. The standard InChI is InChI=1S/C5H11N.C4H10N2.C4H9NO.C4H9N.2C4H7N.C3H8N2.4C3H6N2.C3H7NO.C3H5NO.C3H7NS.C3H5NS.C3H7N.16C2H6/c1-2-4-6-5-3-1;1-2-6-4-3-5-1;1-3-6-4-2-5-1;3*1-2-4-5-3-1;2*1-2-5-3-4-1;3*1-2-4-5-3-1;4*1-2-5-3-4-1;1-2-4-3-1;16*1-2/h6H,1-5H2;5-6H,1-4H2;5H,1-4H2;5H,1-4H2;1,3,5H,2,4H2;1-2,5H,3-4H2;4-5H,1-3H2;1-2,4-5H,3H2;1-3H2;2,5H,1,3H2;1-2,4-5H,3H2;4H,1-3H2;3H,1-2H2;4H,1-3H2;3H,1-2H2;4H,1-3H2;16*1-2H3. The number of aliphatic imine (C=N–C) groups is 2. The van der Waals surface area contributed by atoms with Crippen molar-refractivity contribution in [2.24, 2.45) is 25.3 Å². The van der Waals surface area contributed by atoms with Gasteiger partial charge in [0.2, 0.25) is 0 Å². The average molecular weight is 1680 g/mol. The van der Waals surface area contributed by atoms with E-state index in [-0.39, 0.29) is 0 Å². The fraction of sp³-hybridized carbons (Fsp3) is 0.874. The summed E-state index contributed by atoms with van der Waals surface area (Å²) < 4.78 is 14.5. The van der Waals surface area contributed by atoms with E-state index in [9.17, 15) is 0 Å². The molecule has 0 atom stereocenters. The van der Waals surface area contributed by atoms with Crippen LogP contribution in [0.15, 0.2) is 74.4 Å². The first-order chi connectivity index (χ1) is 57.0. The van der Waals surface area contributed by atoms with Gasteiger partial charge in [-0.15, -0.1) is 23.5 Å². The topological polar surface area (TPSA) is 294 Å². The minimum atomic E-state index is 0.750. The number of hydrogen-bond acceptors (Lipinski definition) is 27. The van der Waals surface area contributed by atoms with Crippen molar-refractivity contribution in [3.8, 4) is 0 Å². The highest BCUT2D eigenvalue weighted by Gasteiger charge is 1.98. The second-order valence-electron chi connectivity index (χ2n) is 18.5. The zero-order valence-corrected chi connectivity index (χ0v) is 83.9. The molecular formula is C87H212N22O3S2. The molecule has 25 nitrogen and oxygen atoms in total. The Morgan fingerprint density at radius 2 is 0.763 bits per heavy atom. The Kier molecular flexibility index (Phi) is 272. The lowest BCUT2D eigenvalue weighted by Gasteiger charge is -2.11. The maximum absolute atomic E-state index is 5.01. The van der Waals surface area contributed by atoms with E-state index in [4.69, 9.17) is 9.47 Å². The number of hydrazone groups is 1. The minimum absolute atomic E-state index is 0.750. The molecule has 17 N–H and O–H groups in total. The monoisotopic (exact) mass is 1680 g/mol. The Bertz CT molecular complexity index is 1100. The van der Waals surface area contributed by atoms with Gasteiger partial charge in [0, 0.05) is 160 Å². The van der Waals surface area contributed by atoms with E-state index in [1.165, 1.54) is 121 Å². The third-order valence-corrected chi connectivity index (χ3v) is 12.9. The van der Waals surface area contributed by atoms with Crippen molar-refractivity contribution in [3.63, 3.8) is 0 Å². The smallest absolute Gasteiger partial charge is 0.169 e. The molecule has 0 spiro atoms. The predicted octanol–water partition coefficient (Wildman–Crippen LogP) is 16.8. The summed E-state index contributed by atoms with van der Waals surface area (Å²) in [5, 5.41) is 54.8. The Morgan fingerprint density at radius 3 is 0.895 bits per heavy atom. The van der Waals surface area contributed by atoms with Crippen LogP contribution in [-0.4, -0.2) is 246 Å². The highest BCUT2D eigenvalue weighted by molar-refractivity contribution is 8.12. The van der Waals surface area contributed by atoms with Crippen LogP contribution in [0.5, 0.6) is 0 Å². The molecule has 16 heterocycles. The van der Waals surface area contributed by atoms with Crippen molar-refractivity contribution in [1.29, 1.82) is 0 Å². The number of ether oxygens (including phenoxy) is 3. The van der Waals surface area contributed by atoms with Crippen LogP contribution in [0.1, 0.15) is 279 Å². The Labute approximate surface area is 723 Å². The summed E-state index contributed by atoms with van der Waals surface area (Å²) in [5.41, 5.74) is 10.3. The first-order valence-corrected chi connectivity index (χ1v) is 48.8. The van der Waals surface area contributed by atoms with E-state index < -0.39 is 0 Å². The summed E-state index contributed by atoms with van der Waals surface area (Å²) in [4.78, 5) is 7.66. The molecule has 16 aliphatic heterocycles. The molecule has 0 bridgehead atoms. The maximum atomic E-state index is 5.01. The van der Waals surface area contributed by atoms with E-state index in [0.29, 0.717) is 0 Å². The highest BCUT2D eigenvalue weighted by Crippen LogP contribution is 2.00. The molecule has 700 valence electrons. The van der Waals surface area contributed by atoms with Crippen LogP contribution in [-0.2, 0) is 14.2 Å². The molecule has 16 aliphatic rings. The average Bonchev–Trinajstić information content (AvgIpc) is 2.89. The second-order valence-corrected chi connectivity index (χ2v) is 20.6. The first kappa shape index (κ1) is 148. The van der Waals surface area contributed by atoms with Crippen molar-refractivity contribution < 1.29 is 14.2 Å². The van der Waals surface area contributed by atoms with Crippen molar-refractivity contribution >= 4 is 41.7 Å². The Morgan fingerprint density at radius 1 is 0.307 bits per heavy atom. The lowest BCUT2D eigenvalue weighted by Crippen LogP contribution is -2.39. The number of hydrazine groups is 1. The lowest BCUT2D eigenvalue weighted by molar-refractivity contribution is 0.109. The van der Waals surface area contributed by atoms with E-state index >= 15 is 0 Å². The SMILES string of the molecule is C1=CCNC1.C1=CNCC1.C1=CNCN1.C1=CNNC1.C1=NCCO1.C1=NCCS1.C1=NNCC1.C1CCNC1.C1CCNCC1.C1CN=NC1.C1CNC1.C1CNCCN1.C1CNCN1.C1COCCN1.C1COCN1.C1CSCN1.CC.CC.CC.CC.CC.CC.CC.CC.CC.CC.CC.CC.CC.CC.CC.CC. The van der Waals surface area contributed by atoms with E-state index in [0.717, 1.165) is 171 Å². The molecule has 114 heavy (non-hydrogen) atoms. The van der Waals surface area contributed by atoms with Gasteiger partial charge in [-0.3, -0.25) is 15.3 Å². The van der Waals surface area contributed by atoms with Crippen molar-refractivity contribution in [3.05, 3.63) is 49.1 Å². The van der Waals surface area contributed by atoms with Gasteiger partial charge in [-0.2, -0.15) is 15.3 Å². The van der Waals surface area contributed by atoms with Crippen molar-refractivity contribution in [2.75, 3.05) is 227 Å². The largest absolute Gasteiger partial charge is 0.482 e. The summed E-state index contributed by atoms with van der Waals surface area (Å²) in [6.07, 6.45) is 31.2. The Balaban J connectivity index is -0.0000000627. The fourth-order valence-corrected chi connectivity index (χ4v) is 7.76. The van der Waals surface area contributed by atoms with Gasteiger partial charge in [0.25, 0.3) is 0 Å². The van der Waals surface area contributed by atoms with Crippen molar-refractivity contribution in [2.45, 2.75) is 279 Å². The third-order valence-electron chi connectivity index (χ3n) is 11.2. The number of nitrogens with zero attached hydrogens (tertiary/aromatic N) is 5. The molecule has 0 aromatic carbocycles. The van der Waals surface area contributed by atoms with Crippen LogP contribution in [0.3, 0.4) is 0 Å². The van der Waals surface area contributed by atoms with Gasteiger partial charge < -0.3 is 94.2 Å². The molecular weight excluding hydrogens is 1470 g/mol. The normalized spacial score (nSPS) is 16.6. The number of rotatable bonds is 0. The minimum Gasteiger partial charge on any atom is -0.482 e. The number of piperazine rings is 1. The van der Waals surface area contributed by atoms with Crippen molar-refractivity contribution in [1.82, 2.24) is 90.7 Å². The molecule has 27 heteroatoms. The summed E-state index contributed by atoms with van der Waals surface area (Å²) in [5.74, 6) is 3.67. The quantitative estimate of drug-likeness (QED) is 0.100. The van der Waals surface area contributed by atoms with E-state index in [1.54, 1.807) is 11.8 Å². The highest BCUT2D eigenvalue weighted by atomic mass is 32.2. The zero-order chi connectivity index (χ0) is 90.0. The predicted molar refractivity (Wildman–Crippen MR) is 532 cm³/mol. The number of thioether (sulfide) groups is 2. The number of nitrogens with one attached hydrogen (secondary N) is 17. The molecule has 0 amide bonds. The van der Waals surface area contributed by atoms with Crippen LogP contribution in [0.2, 0.25) is 0 Å². The fourth-order valence-electron chi connectivity index (χ4n) is 6.51. The third kappa shape index (κ3) is 203. The maximum Gasteiger partial charge on any atom is 0.169 e. The number of hydrogen-bond donors (Lipinski definition) is 17. The summed E-state index contributed by atoms with van der Waals surface area (Å²) in [7, 11) is 0. The van der Waals surface area contributed by atoms with E-state index in [2.05, 4.69) is 139 Å². The first-order valence-electron chi connectivity index (χ1n) is 46.6. The molecule has 0 aromatic heterocycles. The molecule has 0 aromatic rings. The summed E-state index contributed by atoms with van der Waals surface area (Å²) >= 11 is 3.75. The van der Waals surface area contributed by atoms with Gasteiger partial charge in [0.15, 0.2) is 6.40 Å². The number of piperidine rings is 1. The van der Waals surface area contributed by atoms with Gasteiger partial charge >= 0.3 is 0 Å². The summed E-state index contributed by atoms with van der Waals surface area (Å²) in [6, 6.07) is 0. The lowest BCUT2D eigenvalue weighted by atomic mass is 10.2. The molecule has 16 rings (SSSR count). The molecule has 0 radical (unpaired) electrons. The van der Waals surface area contributed by atoms with Gasteiger partial charge in [-0.1, -0.05) is 252 Å². The molecule has 0 aliphatic carbocycles. The number of morpholine rings is 1. The van der Waals surface area contributed by atoms with Crippen LogP contribution in [0.25, 0.3) is 0 Å². The summed E-state index contributed by atoms with van der Waals surface area (Å²) in [6.45, 7) is 97.8. The molecule has 0 unspecified atom stereocenters. The second kappa shape index (κ2) is 209. The van der Waals surface area contributed by atoms with Gasteiger partial charge in [0.1, 0.15) is 6.61 Å². The van der Waals surface area contributed by atoms with Crippen LogP contribution < -0.4 is 90.7 Å². The van der Waals surface area contributed by atoms with Crippen LogP contribution in [0, 0.1) is 0 Å². The molecule has 8 fully saturated rings. The van der Waals surface area contributed by atoms with Gasteiger partial charge in [-0.25, -0.2) is 5.43 Å². The zero-order valence-electron chi connectivity index (χ0n) is 82.2. The Hall–Kier alpha value is -3.49. The van der Waals surface area contributed by atoms with E-state index in [1.807, 2.05) is 276 Å². The van der Waals surface area contributed by atoms with Crippen LogP contribution >= 0.6 is 23.5 Å².